The van der Waals surface area contributed by atoms with Gasteiger partial charge in [0.2, 0.25) is 0 Å². The molecule has 1 amide bonds. The highest BCUT2D eigenvalue weighted by Gasteiger charge is 2.24. The van der Waals surface area contributed by atoms with E-state index in [9.17, 15) is 13.6 Å². The molecule has 0 unspecified atom stereocenters. The van der Waals surface area contributed by atoms with Gasteiger partial charge < -0.3 is 10.6 Å². The van der Waals surface area contributed by atoms with Gasteiger partial charge in [0.25, 0.3) is 5.91 Å². The molecule has 1 aliphatic rings. The fourth-order valence-corrected chi connectivity index (χ4v) is 2.70. The Balaban J connectivity index is 1.93. The molecule has 2 rings (SSSR count). The predicted octanol–water partition coefficient (Wildman–Crippen LogP) is 2.62. The van der Waals surface area contributed by atoms with Crippen molar-refractivity contribution in [2.24, 2.45) is 0 Å². The van der Waals surface area contributed by atoms with Gasteiger partial charge in [-0.15, -0.1) is 0 Å². The fourth-order valence-electron chi connectivity index (χ4n) is 2.70. The zero-order valence-corrected chi connectivity index (χ0v) is 11.6. The quantitative estimate of drug-likeness (QED) is 0.891. The van der Waals surface area contributed by atoms with Gasteiger partial charge in [-0.3, -0.25) is 4.79 Å². The summed E-state index contributed by atoms with van der Waals surface area (Å²) in [5.41, 5.74) is -0.485. The lowest BCUT2D eigenvalue weighted by Gasteiger charge is -2.29. The third kappa shape index (κ3) is 3.54. The van der Waals surface area contributed by atoms with Gasteiger partial charge in [-0.05, 0) is 44.4 Å². The summed E-state index contributed by atoms with van der Waals surface area (Å²) in [6.45, 7) is 3.00. The molecule has 0 bridgehead atoms. The van der Waals surface area contributed by atoms with Crippen LogP contribution in [0, 0.1) is 11.6 Å². The van der Waals surface area contributed by atoms with Crippen LogP contribution in [0.3, 0.4) is 0 Å². The molecule has 0 saturated heterocycles. The molecule has 5 heteroatoms. The molecule has 0 aliphatic heterocycles. The molecule has 0 spiro atoms. The van der Waals surface area contributed by atoms with E-state index in [2.05, 4.69) is 17.6 Å². The second-order valence-corrected chi connectivity index (χ2v) is 5.18. The molecule has 1 aliphatic carbocycles. The molecular formula is C15H20F2N2O. The van der Waals surface area contributed by atoms with Crippen LogP contribution in [0.4, 0.5) is 8.78 Å². The molecular weight excluding hydrogens is 262 g/mol. The van der Waals surface area contributed by atoms with E-state index >= 15 is 0 Å². The number of hydrogen-bond acceptors (Lipinski definition) is 2. The first-order valence-electron chi connectivity index (χ1n) is 7.10. The van der Waals surface area contributed by atoms with Crippen LogP contribution in [0.1, 0.15) is 43.0 Å². The Kier molecular flexibility index (Phi) is 5.06. The highest BCUT2D eigenvalue weighted by atomic mass is 19.1. The maximum atomic E-state index is 13.5. The van der Waals surface area contributed by atoms with Gasteiger partial charge in [-0.1, -0.05) is 13.0 Å². The van der Waals surface area contributed by atoms with Crippen LogP contribution >= 0.6 is 0 Å². The van der Waals surface area contributed by atoms with Crippen LogP contribution in [0.2, 0.25) is 0 Å². The zero-order chi connectivity index (χ0) is 14.5. The first-order valence-corrected chi connectivity index (χ1v) is 7.10. The lowest BCUT2D eigenvalue weighted by molar-refractivity contribution is 0.0916. The van der Waals surface area contributed by atoms with Gasteiger partial charge in [0.1, 0.15) is 17.2 Å². The van der Waals surface area contributed by atoms with Crippen LogP contribution in [0.25, 0.3) is 0 Å². The molecule has 1 aromatic carbocycles. The number of carbonyl (C=O) groups is 1. The maximum Gasteiger partial charge on any atom is 0.257 e. The Bertz CT molecular complexity index is 451. The Morgan fingerprint density at radius 3 is 2.25 bits per heavy atom. The van der Waals surface area contributed by atoms with Gasteiger partial charge in [0.15, 0.2) is 0 Å². The van der Waals surface area contributed by atoms with Crippen LogP contribution in [-0.4, -0.2) is 24.5 Å². The summed E-state index contributed by atoms with van der Waals surface area (Å²) in [5.74, 6) is -2.29. The van der Waals surface area contributed by atoms with E-state index in [1.54, 1.807) is 0 Å². The normalized spacial score (nSPS) is 22.6. The standard InChI is InChI=1S/C15H20F2N2O/c1-2-18-10-6-8-11(9-7-10)19-15(20)14-12(16)4-3-5-13(14)17/h3-5,10-11,18H,2,6-9H2,1H3,(H,19,20). The number of nitrogens with one attached hydrogen (secondary N) is 2. The summed E-state index contributed by atoms with van der Waals surface area (Å²) in [5, 5.41) is 6.11. The minimum atomic E-state index is -0.816. The van der Waals surface area contributed by atoms with E-state index in [-0.39, 0.29) is 6.04 Å². The lowest BCUT2D eigenvalue weighted by Crippen LogP contribution is -2.42. The van der Waals surface area contributed by atoms with Crippen molar-refractivity contribution in [1.82, 2.24) is 10.6 Å². The van der Waals surface area contributed by atoms with Crippen LogP contribution in [-0.2, 0) is 0 Å². The van der Waals surface area contributed by atoms with E-state index < -0.39 is 23.1 Å². The number of carbonyl (C=O) groups excluding carboxylic acids is 1. The van der Waals surface area contributed by atoms with E-state index in [4.69, 9.17) is 0 Å². The maximum absolute atomic E-state index is 13.5. The number of amides is 1. The monoisotopic (exact) mass is 282 g/mol. The largest absolute Gasteiger partial charge is 0.349 e. The van der Waals surface area contributed by atoms with E-state index in [1.165, 1.54) is 6.07 Å². The van der Waals surface area contributed by atoms with Crippen molar-refractivity contribution in [1.29, 1.82) is 0 Å². The summed E-state index contributed by atoms with van der Waals surface area (Å²) in [6, 6.07) is 3.93. The minimum Gasteiger partial charge on any atom is -0.349 e. The number of rotatable bonds is 4. The molecule has 0 atom stereocenters. The summed E-state index contributed by atoms with van der Waals surface area (Å²) in [7, 11) is 0. The highest BCUT2D eigenvalue weighted by Crippen LogP contribution is 2.20. The second kappa shape index (κ2) is 6.79. The van der Waals surface area contributed by atoms with Crippen molar-refractivity contribution in [3.63, 3.8) is 0 Å². The van der Waals surface area contributed by atoms with Gasteiger partial charge in [-0.25, -0.2) is 8.78 Å². The summed E-state index contributed by atoms with van der Waals surface area (Å²) in [4.78, 5) is 12.0. The first kappa shape index (κ1) is 14.9. The van der Waals surface area contributed by atoms with Crippen molar-refractivity contribution < 1.29 is 13.6 Å². The van der Waals surface area contributed by atoms with Crippen LogP contribution < -0.4 is 10.6 Å². The van der Waals surface area contributed by atoms with Gasteiger partial charge in [-0.2, -0.15) is 0 Å². The van der Waals surface area contributed by atoms with Gasteiger partial charge in [0.05, 0.1) is 0 Å². The van der Waals surface area contributed by atoms with Crippen molar-refractivity contribution in [2.75, 3.05) is 6.54 Å². The minimum absolute atomic E-state index is 0.00332. The molecule has 3 nitrogen and oxygen atoms in total. The summed E-state index contributed by atoms with van der Waals surface area (Å²) >= 11 is 0. The van der Waals surface area contributed by atoms with Crippen LogP contribution in [0.5, 0.6) is 0 Å². The van der Waals surface area contributed by atoms with Gasteiger partial charge in [0, 0.05) is 12.1 Å². The van der Waals surface area contributed by atoms with Crippen molar-refractivity contribution in [3.05, 3.63) is 35.4 Å². The molecule has 110 valence electrons. The molecule has 1 aromatic rings. The van der Waals surface area contributed by atoms with E-state index in [0.29, 0.717) is 6.04 Å². The molecule has 0 heterocycles. The molecule has 1 fully saturated rings. The Labute approximate surface area is 117 Å². The number of hydrogen-bond donors (Lipinski definition) is 2. The number of benzene rings is 1. The van der Waals surface area contributed by atoms with Crippen molar-refractivity contribution >= 4 is 5.91 Å². The third-order valence-corrected chi connectivity index (χ3v) is 3.75. The average molecular weight is 282 g/mol. The lowest BCUT2D eigenvalue weighted by atomic mass is 9.91. The summed E-state index contributed by atoms with van der Waals surface area (Å²) < 4.78 is 27.0. The van der Waals surface area contributed by atoms with Crippen LogP contribution in [0.15, 0.2) is 18.2 Å². The van der Waals surface area contributed by atoms with E-state index in [0.717, 1.165) is 44.4 Å². The fraction of sp³-hybridized carbons (Fsp3) is 0.533. The third-order valence-electron chi connectivity index (χ3n) is 3.75. The van der Waals surface area contributed by atoms with Crippen molar-refractivity contribution in [3.8, 4) is 0 Å². The topological polar surface area (TPSA) is 41.1 Å². The molecule has 20 heavy (non-hydrogen) atoms. The van der Waals surface area contributed by atoms with Crippen molar-refractivity contribution in [2.45, 2.75) is 44.7 Å². The molecule has 0 aromatic heterocycles. The Hall–Kier alpha value is -1.49. The second-order valence-electron chi connectivity index (χ2n) is 5.18. The first-order chi connectivity index (χ1) is 9.61. The average Bonchev–Trinajstić information content (AvgIpc) is 2.41. The Morgan fingerprint density at radius 2 is 1.70 bits per heavy atom. The molecule has 0 radical (unpaired) electrons. The molecule has 2 N–H and O–H groups in total. The summed E-state index contributed by atoms with van der Waals surface area (Å²) in [6.07, 6.45) is 3.61. The van der Waals surface area contributed by atoms with Gasteiger partial charge >= 0.3 is 0 Å². The molecule has 1 saturated carbocycles. The smallest absolute Gasteiger partial charge is 0.257 e. The Morgan fingerprint density at radius 1 is 1.15 bits per heavy atom. The predicted molar refractivity (Wildman–Crippen MR) is 73.5 cm³/mol. The highest BCUT2D eigenvalue weighted by molar-refractivity contribution is 5.94. The zero-order valence-electron chi connectivity index (χ0n) is 11.6. The number of halogens is 2. The SMILES string of the molecule is CCNC1CCC(NC(=O)c2c(F)cccc2F)CC1. The van der Waals surface area contributed by atoms with E-state index in [1.807, 2.05) is 0 Å².